The zero-order valence-electron chi connectivity index (χ0n) is 12.6. The number of hydrogen-bond donors (Lipinski definition) is 2. The van der Waals surface area contributed by atoms with Crippen molar-refractivity contribution < 1.29 is 8.42 Å². The van der Waals surface area contributed by atoms with Gasteiger partial charge in [-0.25, -0.2) is 13.1 Å². The second-order valence-corrected chi connectivity index (χ2v) is 6.80. The van der Waals surface area contributed by atoms with E-state index in [1.54, 1.807) is 29.8 Å². The second kappa shape index (κ2) is 5.50. The molecular formula is C14H20N4O2S. The van der Waals surface area contributed by atoms with Crippen LogP contribution in [0.25, 0.3) is 0 Å². The first-order chi connectivity index (χ1) is 9.74. The highest BCUT2D eigenvalue weighted by molar-refractivity contribution is 7.89. The van der Waals surface area contributed by atoms with Gasteiger partial charge in [0.25, 0.3) is 0 Å². The van der Waals surface area contributed by atoms with E-state index in [-0.39, 0.29) is 11.4 Å². The predicted octanol–water partition coefficient (Wildman–Crippen LogP) is 1.41. The Balaban J connectivity index is 2.28. The summed E-state index contributed by atoms with van der Waals surface area (Å²) in [4.78, 5) is 0.210. The normalized spacial score (nSPS) is 11.8. The van der Waals surface area contributed by atoms with Crippen LogP contribution >= 0.6 is 0 Å². The molecule has 1 aromatic carbocycles. The minimum absolute atomic E-state index is 0.210. The topological polar surface area (TPSA) is 90.0 Å². The highest BCUT2D eigenvalue weighted by Crippen LogP contribution is 2.21. The molecule has 0 aliphatic rings. The van der Waals surface area contributed by atoms with E-state index in [0.29, 0.717) is 11.3 Å². The van der Waals surface area contributed by atoms with Crippen molar-refractivity contribution in [2.24, 2.45) is 7.05 Å². The molecule has 114 valence electrons. The van der Waals surface area contributed by atoms with Crippen molar-refractivity contribution in [1.82, 2.24) is 14.5 Å². The number of aryl methyl sites for hydroxylation is 2. The van der Waals surface area contributed by atoms with Gasteiger partial charge in [0, 0.05) is 30.5 Å². The lowest BCUT2D eigenvalue weighted by Crippen LogP contribution is -2.24. The number of nitrogen functional groups attached to an aromatic ring is 1. The highest BCUT2D eigenvalue weighted by atomic mass is 32.2. The van der Waals surface area contributed by atoms with Crippen molar-refractivity contribution in [3.8, 4) is 0 Å². The van der Waals surface area contributed by atoms with Crippen molar-refractivity contribution in [2.75, 3.05) is 5.73 Å². The zero-order valence-corrected chi connectivity index (χ0v) is 13.5. The van der Waals surface area contributed by atoms with Crippen LogP contribution in [0.5, 0.6) is 0 Å². The van der Waals surface area contributed by atoms with E-state index in [1.165, 1.54) is 0 Å². The largest absolute Gasteiger partial charge is 0.398 e. The van der Waals surface area contributed by atoms with Crippen LogP contribution in [0.2, 0.25) is 0 Å². The summed E-state index contributed by atoms with van der Waals surface area (Å²) in [7, 11) is -1.77. The molecule has 7 heteroatoms. The molecule has 6 nitrogen and oxygen atoms in total. The van der Waals surface area contributed by atoms with Gasteiger partial charge in [-0.15, -0.1) is 0 Å². The van der Waals surface area contributed by atoms with Gasteiger partial charge in [-0.2, -0.15) is 5.10 Å². The molecule has 0 spiro atoms. The number of aromatic nitrogens is 2. The minimum atomic E-state index is -3.60. The van der Waals surface area contributed by atoms with Gasteiger partial charge < -0.3 is 5.73 Å². The fraction of sp³-hybridized carbons (Fsp3) is 0.357. The maximum atomic E-state index is 12.4. The maximum Gasteiger partial charge on any atom is 0.241 e. The molecule has 0 atom stereocenters. The lowest BCUT2D eigenvalue weighted by atomic mass is 10.2. The third-order valence-electron chi connectivity index (χ3n) is 3.71. The molecular weight excluding hydrogens is 288 g/mol. The lowest BCUT2D eigenvalue weighted by molar-refractivity contribution is 0.580. The van der Waals surface area contributed by atoms with E-state index in [9.17, 15) is 8.42 Å². The third kappa shape index (κ3) is 2.93. The molecule has 0 saturated carbocycles. The number of sulfonamides is 1. The summed E-state index contributed by atoms with van der Waals surface area (Å²) in [5.41, 5.74) is 9.45. The molecule has 0 aliphatic carbocycles. The first-order valence-corrected chi connectivity index (χ1v) is 8.06. The van der Waals surface area contributed by atoms with Crippen LogP contribution in [0.4, 0.5) is 5.69 Å². The first kappa shape index (κ1) is 15.5. The summed E-state index contributed by atoms with van der Waals surface area (Å²) in [6, 6.07) is 4.87. The Morgan fingerprint density at radius 1 is 1.29 bits per heavy atom. The number of nitrogens with zero attached hydrogens (tertiary/aromatic N) is 2. The van der Waals surface area contributed by atoms with Gasteiger partial charge in [0.1, 0.15) is 0 Å². The molecule has 0 fully saturated rings. The SMILES string of the molecule is Cc1nn(C)c(C)c1CNS(=O)(=O)c1cccc(N)c1C. The standard InChI is InChI=1S/C14H20N4O2S/c1-9-13(15)6-5-7-14(9)21(19,20)16-8-12-10(2)17-18(4)11(12)3/h5-7,16H,8,15H2,1-4H3. The molecule has 0 bridgehead atoms. The van der Waals surface area contributed by atoms with E-state index in [2.05, 4.69) is 9.82 Å². The summed E-state index contributed by atoms with van der Waals surface area (Å²) in [6.45, 7) is 5.68. The number of hydrogen-bond acceptors (Lipinski definition) is 4. The molecule has 0 saturated heterocycles. The predicted molar refractivity (Wildman–Crippen MR) is 82.3 cm³/mol. The number of nitrogens with one attached hydrogen (secondary N) is 1. The van der Waals surface area contributed by atoms with Gasteiger partial charge >= 0.3 is 0 Å². The maximum absolute atomic E-state index is 12.4. The monoisotopic (exact) mass is 308 g/mol. The van der Waals surface area contributed by atoms with E-state index < -0.39 is 10.0 Å². The Hall–Kier alpha value is -1.86. The van der Waals surface area contributed by atoms with Crippen molar-refractivity contribution in [1.29, 1.82) is 0 Å². The van der Waals surface area contributed by atoms with Crippen molar-refractivity contribution in [3.05, 3.63) is 40.7 Å². The van der Waals surface area contributed by atoms with Crippen LogP contribution in [-0.2, 0) is 23.6 Å². The lowest BCUT2D eigenvalue weighted by Gasteiger charge is -2.11. The smallest absolute Gasteiger partial charge is 0.241 e. The van der Waals surface area contributed by atoms with Crippen LogP contribution in [0.1, 0.15) is 22.5 Å². The number of benzene rings is 1. The van der Waals surface area contributed by atoms with Crippen molar-refractivity contribution in [3.63, 3.8) is 0 Å². The Labute approximate surface area is 125 Å². The highest BCUT2D eigenvalue weighted by Gasteiger charge is 2.19. The summed E-state index contributed by atoms with van der Waals surface area (Å²) in [5, 5.41) is 4.28. The van der Waals surface area contributed by atoms with Crippen molar-refractivity contribution >= 4 is 15.7 Å². The van der Waals surface area contributed by atoms with E-state index in [0.717, 1.165) is 17.0 Å². The third-order valence-corrected chi connectivity index (χ3v) is 5.26. The van der Waals surface area contributed by atoms with Crippen LogP contribution in [-0.4, -0.2) is 18.2 Å². The Morgan fingerprint density at radius 3 is 2.52 bits per heavy atom. The Morgan fingerprint density at radius 2 is 1.95 bits per heavy atom. The molecule has 0 aliphatic heterocycles. The van der Waals surface area contributed by atoms with Gasteiger partial charge in [-0.1, -0.05) is 6.07 Å². The van der Waals surface area contributed by atoms with Gasteiger partial charge in [-0.3, -0.25) is 4.68 Å². The molecule has 0 radical (unpaired) electrons. The zero-order chi connectivity index (χ0) is 15.8. The second-order valence-electron chi connectivity index (χ2n) is 5.07. The van der Waals surface area contributed by atoms with Gasteiger partial charge in [-0.05, 0) is 38.5 Å². The van der Waals surface area contributed by atoms with Gasteiger partial charge in [0.15, 0.2) is 0 Å². The van der Waals surface area contributed by atoms with Crippen molar-refractivity contribution in [2.45, 2.75) is 32.2 Å². The summed E-state index contributed by atoms with van der Waals surface area (Å²) in [5.74, 6) is 0. The molecule has 1 aromatic heterocycles. The average molecular weight is 308 g/mol. The quantitative estimate of drug-likeness (QED) is 0.836. The van der Waals surface area contributed by atoms with Gasteiger partial charge in [0.05, 0.1) is 10.6 Å². The number of anilines is 1. The summed E-state index contributed by atoms with van der Waals surface area (Å²) in [6.07, 6.45) is 0. The Bertz CT molecular complexity index is 779. The molecule has 0 amide bonds. The Kier molecular flexibility index (Phi) is 4.06. The fourth-order valence-corrected chi connectivity index (χ4v) is 3.51. The van der Waals surface area contributed by atoms with Crippen LogP contribution in [0.15, 0.2) is 23.1 Å². The molecule has 2 rings (SSSR count). The molecule has 1 heterocycles. The summed E-state index contributed by atoms with van der Waals surface area (Å²) < 4.78 is 29.2. The molecule has 3 N–H and O–H groups in total. The minimum Gasteiger partial charge on any atom is -0.398 e. The molecule has 2 aromatic rings. The van der Waals surface area contributed by atoms with E-state index >= 15 is 0 Å². The number of rotatable bonds is 4. The van der Waals surface area contributed by atoms with Crippen LogP contribution in [0.3, 0.4) is 0 Å². The summed E-state index contributed by atoms with van der Waals surface area (Å²) >= 11 is 0. The van der Waals surface area contributed by atoms with E-state index in [1.807, 2.05) is 20.9 Å². The van der Waals surface area contributed by atoms with E-state index in [4.69, 9.17) is 5.73 Å². The average Bonchev–Trinajstić information content (AvgIpc) is 2.64. The molecule has 0 unspecified atom stereocenters. The molecule has 21 heavy (non-hydrogen) atoms. The van der Waals surface area contributed by atoms with Crippen LogP contribution < -0.4 is 10.5 Å². The van der Waals surface area contributed by atoms with Crippen LogP contribution in [0, 0.1) is 20.8 Å². The number of nitrogens with two attached hydrogens (primary N) is 1. The fourth-order valence-electron chi connectivity index (χ4n) is 2.24. The van der Waals surface area contributed by atoms with Gasteiger partial charge in [0.2, 0.25) is 10.0 Å². The first-order valence-electron chi connectivity index (χ1n) is 6.58.